The fourth-order valence-electron chi connectivity index (χ4n) is 1.67. The standard InChI is InChI=1S/C10H12N2OS/c1-7-3-2-4-10-12(7)6-8(13)9(5-11)14-10/h3-4,8-9,13H,2,6H2,1H3. The Labute approximate surface area is 87.7 Å². The summed E-state index contributed by atoms with van der Waals surface area (Å²) >= 11 is 1.46. The molecule has 0 spiro atoms. The summed E-state index contributed by atoms with van der Waals surface area (Å²) in [6, 6.07) is 2.13. The van der Waals surface area contributed by atoms with Crippen molar-refractivity contribution < 1.29 is 5.11 Å². The molecule has 0 radical (unpaired) electrons. The second kappa shape index (κ2) is 3.68. The third-order valence-electron chi connectivity index (χ3n) is 2.49. The summed E-state index contributed by atoms with van der Waals surface area (Å²) in [6.45, 7) is 2.58. The van der Waals surface area contributed by atoms with E-state index in [-0.39, 0.29) is 5.25 Å². The van der Waals surface area contributed by atoms with Crippen molar-refractivity contribution >= 4 is 11.8 Å². The minimum atomic E-state index is -0.552. The van der Waals surface area contributed by atoms with Gasteiger partial charge in [-0.1, -0.05) is 23.9 Å². The zero-order chi connectivity index (χ0) is 10.1. The fraction of sp³-hybridized carbons (Fsp3) is 0.500. The zero-order valence-electron chi connectivity index (χ0n) is 7.97. The highest BCUT2D eigenvalue weighted by Gasteiger charge is 2.32. The molecule has 0 aromatic rings. The zero-order valence-corrected chi connectivity index (χ0v) is 8.79. The van der Waals surface area contributed by atoms with Crippen LogP contribution < -0.4 is 0 Å². The Balaban J connectivity index is 2.20. The van der Waals surface area contributed by atoms with Crippen LogP contribution in [-0.4, -0.2) is 27.9 Å². The number of aliphatic hydroxyl groups excluding tert-OH is 1. The van der Waals surface area contributed by atoms with Gasteiger partial charge in [0.1, 0.15) is 5.25 Å². The molecule has 2 heterocycles. The van der Waals surface area contributed by atoms with Crippen LogP contribution in [0.5, 0.6) is 0 Å². The van der Waals surface area contributed by atoms with Crippen molar-refractivity contribution in [2.75, 3.05) is 6.54 Å². The molecule has 4 heteroatoms. The monoisotopic (exact) mass is 208 g/mol. The lowest BCUT2D eigenvalue weighted by atomic mass is 10.2. The first kappa shape index (κ1) is 9.63. The molecular formula is C10H12N2OS. The number of hydrogen-bond acceptors (Lipinski definition) is 4. The van der Waals surface area contributed by atoms with Gasteiger partial charge in [0.2, 0.25) is 0 Å². The lowest BCUT2D eigenvalue weighted by Gasteiger charge is -2.38. The maximum absolute atomic E-state index is 9.69. The Bertz CT molecular complexity index is 343. The first-order valence-corrected chi connectivity index (χ1v) is 5.49. The molecule has 1 saturated heterocycles. The van der Waals surface area contributed by atoms with E-state index in [1.807, 2.05) is 6.92 Å². The smallest absolute Gasteiger partial charge is 0.125 e. The number of thioether (sulfide) groups is 1. The van der Waals surface area contributed by atoms with Gasteiger partial charge in [0, 0.05) is 5.70 Å². The van der Waals surface area contributed by atoms with Crippen LogP contribution in [0, 0.1) is 11.3 Å². The van der Waals surface area contributed by atoms with E-state index in [9.17, 15) is 5.11 Å². The summed E-state index contributed by atoms with van der Waals surface area (Å²) in [6.07, 6.45) is 4.61. The number of fused-ring (bicyclic) bond motifs is 1. The number of hydrogen-bond donors (Lipinski definition) is 1. The molecule has 0 amide bonds. The first-order chi connectivity index (χ1) is 6.72. The van der Waals surface area contributed by atoms with Crippen molar-refractivity contribution in [2.45, 2.75) is 24.7 Å². The highest BCUT2D eigenvalue weighted by molar-refractivity contribution is 8.03. The molecule has 0 aromatic heterocycles. The molecule has 14 heavy (non-hydrogen) atoms. The van der Waals surface area contributed by atoms with Crippen molar-refractivity contribution in [1.82, 2.24) is 4.90 Å². The Morgan fingerprint density at radius 3 is 3.14 bits per heavy atom. The second-order valence-corrected chi connectivity index (χ2v) is 4.63. The molecule has 2 unspecified atom stereocenters. The van der Waals surface area contributed by atoms with Gasteiger partial charge in [-0.3, -0.25) is 0 Å². The lowest BCUT2D eigenvalue weighted by molar-refractivity contribution is 0.146. The second-order valence-electron chi connectivity index (χ2n) is 3.47. The van der Waals surface area contributed by atoms with E-state index in [0.29, 0.717) is 6.54 Å². The SMILES string of the molecule is CC1=CCC=C2SC(C#N)C(O)CN12. The Morgan fingerprint density at radius 2 is 2.43 bits per heavy atom. The van der Waals surface area contributed by atoms with Crippen molar-refractivity contribution in [1.29, 1.82) is 5.26 Å². The fourth-order valence-corrected chi connectivity index (χ4v) is 2.77. The van der Waals surface area contributed by atoms with E-state index in [0.717, 1.165) is 11.4 Å². The van der Waals surface area contributed by atoms with Gasteiger partial charge in [-0.15, -0.1) is 0 Å². The molecule has 74 valence electrons. The summed E-state index contributed by atoms with van der Waals surface area (Å²) in [4.78, 5) is 2.08. The van der Waals surface area contributed by atoms with E-state index in [1.54, 1.807) is 0 Å². The largest absolute Gasteiger partial charge is 0.389 e. The quantitative estimate of drug-likeness (QED) is 0.654. The van der Waals surface area contributed by atoms with Gasteiger partial charge in [0.15, 0.2) is 0 Å². The maximum atomic E-state index is 9.69. The van der Waals surface area contributed by atoms with Crippen molar-refractivity contribution in [3.8, 4) is 6.07 Å². The number of allylic oxidation sites excluding steroid dienone is 3. The van der Waals surface area contributed by atoms with Gasteiger partial charge in [0.25, 0.3) is 0 Å². The van der Waals surface area contributed by atoms with E-state index < -0.39 is 6.10 Å². The Hall–Kier alpha value is -0.920. The molecule has 3 nitrogen and oxygen atoms in total. The van der Waals surface area contributed by atoms with Gasteiger partial charge in [-0.25, -0.2) is 0 Å². The molecule has 0 bridgehead atoms. The Morgan fingerprint density at radius 1 is 1.64 bits per heavy atom. The van der Waals surface area contributed by atoms with Gasteiger partial charge in [0.05, 0.1) is 23.7 Å². The highest BCUT2D eigenvalue weighted by Crippen LogP contribution is 2.37. The van der Waals surface area contributed by atoms with Gasteiger partial charge in [-0.05, 0) is 13.3 Å². The molecule has 2 atom stereocenters. The minimum Gasteiger partial charge on any atom is -0.389 e. The third kappa shape index (κ3) is 1.54. The molecule has 1 fully saturated rings. The molecule has 0 aliphatic carbocycles. The molecule has 2 aliphatic rings. The van der Waals surface area contributed by atoms with Crippen molar-refractivity contribution in [3.63, 3.8) is 0 Å². The van der Waals surface area contributed by atoms with Crippen LogP contribution in [0.25, 0.3) is 0 Å². The summed E-state index contributed by atoms with van der Waals surface area (Å²) in [5.41, 5.74) is 1.17. The number of nitriles is 1. The highest BCUT2D eigenvalue weighted by atomic mass is 32.2. The first-order valence-electron chi connectivity index (χ1n) is 4.61. The number of rotatable bonds is 0. The van der Waals surface area contributed by atoms with E-state index in [4.69, 9.17) is 5.26 Å². The molecular weight excluding hydrogens is 196 g/mol. The van der Waals surface area contributed by atoms with Crippen LogP contribution in [0.15, 0.2) is 22.9 Å². The summed E-state index contributed by atoms with van der Waals surface area (Å²) < 4.78 is 0. The van der Waals surface area contributed by atoms with Gasteiger partial charge in [-0.2, -0.15) is 5.26 Å². The molecule has 2 aliphatic heterocycles. The average molecular weight is 208 g/mol. The minimum absolute atomic E-state index is 0.316. The Kier molecular flexibility index (Phi) is 2.53. The van der Waals surface area contributed by atoms with Crippen LogP contribution in [0.1, 0.15) is 13.3 Å². The predicted molar refractivity (Wildman–Crippen MR) is 56.2 cm³/mol. The molecule has 0 aromatic carbocycles. The normalized spacial score (nSPS) is 31.4. The van der Waals surface area contributed by atoms with Crippen LogP contribution in [0.4, 0.5) is 0 Å². The van der Waals surface area contributed by atoms with Crippen LogP contribution in [0.2, 0.25) is 0 Å². The number of aliphatic hydroxyl groups is 1. The summed E-state index contributed by atoms with van der Waals surface area (Å²) in [5.74, 6) is 0. The predicted octanol–water partition coefficient (Wildman–Crippen LogP) is 1.44. The van der Waals surface area contributed by atoms with E-state index in [1.165, 1.54) is 17.5 Å². The molecule has 1 N–H and O–H groups in total. The summed E-state index contributed by atoms with van der Waals surface area (Å²) in [5, 5.41) is 19.3. The topological polar surface area (TPSA) is 47.3 Å². The van der Waals surface area contributed by atoms with Gasteiger partial charge < -0.3 is 10.0 Å². The van der Waals surface area contributed by atoms with Crippen LogP contribution >= 0.6 is 11.8 Å². The van der Waals surface area contributed by atoms with Crippen LogP contribution in [-0.2, 0) is 0 Å². The number of nitrogens with zero attached hydrogens (tertiary/aromatic N) is 2. The lowest BCUT2D eigenvalue weighted by Crippen LogP contribution is -2.41. The molecule has 0 saturated carbocycles. The third-order valence-corrected chi connectivity index (χ3v) is 3.79. The maximum Gasteiger partial charge on any atom is 0.125 e. The van der Waals surface area contributed by atoms with Crippen LogP contribution in [0.3, 0.4) is 0 Å². The van der Waals surface area contributed by atoms with E-state index >= 15 is 0 Å². The summed E-state index contributed by atoms with van der Waals surface area (Å²) in [7, 11) is 0. The van der Waals surface area contributed by atoms with Crippen molar-refractivity contribution in [2.24, 2.45) is 0 Å². The van der Waals surface area contributed by atoms with E-state index in [2.05, 4.69) is 23.1 Å². The van der Waals surface area contributed by atoms with Crippen molar-refractivity contribution in [3.05, 3.63) is 22.9 Å². The average Bonchev–Trinajstić information content (AvgIpc) is 2.19. The molecule has 2 rings (SSSR count). The van der Waals surface area contributed by atoms with Gasteiger partial charge >= 0.3 is 0 Å².